The van der Waals surface area contributed by atoms with E-state index < -0.39 is 5.82 Å². The van der Waals surface area contributed by atoms with E-state index in [1.807, 2.05) is 10.6 Å². The van der Waals surface area contributed by atoms with Crippen molar-refractivity contribution in [3.8, 4) is 11.4 Å². The van der Waals surface area contributed by atoms with E-state index in [4.69, 9.17) is 26.7 Å². The van der Waals surface area contributed by atoms with Crippen LogP contribution in [0.1, 0.15) is 12.8 Å². The molecule has 0 aliphatic carbocycles. The van der Waals surface area contributed by atoms with Crippen molar-refractivity contribution in [2.24, 2.45) is 0 Å². The molecule has 1 amide bonds. The monoisotopic (exact) mass is 558 g/mol. The van der Waals surface area contributed by atoms with Gasteiger partial charge < -0.3 is 19.4 Å². The number of benzene rings is 2. The molecule has 0 saturated carbocycles. The van der Waals surface area contributed by atoms with E-state index in [1.165, 1.54) is 47.3 Å². The molecule has 2 aromatic carbocycles. The molecule has 37 heavy (non-hydrogen) atoms. The zero-order valence-corrected chi connectivity index (χ0v) is 22.3. The molecule has 0 unspecified atom stereocenters. The van der Waals surface area contributed by atoms with Crippen LogP contribution in [0.4, 0.5) is 10.1 Å². The standard InChI is InChI=1S/C25H23FN4O4S3/c1-33-19-7-3-2-6-18(19)27-20(31)14-36-24-28-22-21(23(32)30(24)16-10-8-15(26)9-11-16)37-25(35)29(22)13-17-5-4-12-34-17/h2-3,6-11,17H,4-5,12-14H2,1H3,(H,27,31)/t17-/m1/s1. The Bertz CT molecular complexity index is 1560. The summed E-state index contributed by atoms with van der Waals surface area (Å²) in [6.45, 7) is 1.21. The van der Waals surface area contributed by atoms with Crippen LogP contribution in [-0.4, -0.2) is 45.6 Å². The first-order valence-electron chi connectivity index (χ1n) is 11.5. The highest BCUT2D eigenvalue weighted by Gasteiger charge is 2.22. The number of nitrogens with one attached hydrogen (secondary N) is 1. The molecule has 1 aliphatic rings. The summed E-state index contributed by atoms with van der Waals surface area (Å²) in [6.07, 6.45) is 1.90. The fraction of sp³-hybridized carbons (Fsp3) is 0.280. The number of ether oxygens (including phenoxy) is 2. The predicted octanol–water partition coefficient (Wildman–Crippen LogP) is 5.04. The summed E-state index contributed by atoms with van der Waals surface area (Å²) in [7, 11) is 1.53. The molecule has 1 saturated heterocycles. The van der Waals surface area contributed by atoms with Crippen molar-refractivity contribution in [1.29, 1.82) is 0 Å². The summed E-state index contributed by atoms with van der Waals surface area (Å²) in [4.78, 5) is 31.3. The molecule has 5 rings (SSSR count). The molecule has 1 N–H and O–H groups in total. The number of hydrogen-bond donors (Lipinski definition) is 1. The van der Waals surface area contributed by atoms with Crippen LogP contribution in [0.25, 0.3) is 16.0 Å². The molecule has 0 radical (unpaired) electrons. The van der Waals surface area contributed by atoms with Gasteiger partial charge in [0, 0.05) is 6.61 Å². The molecular weight excluding hydrogens is 535 g/mol. The molecule has 8 nitrogen and oxygen atoms in total. The van der Waals surface area contributed by atoms with Gasteiger partial charge in [-0.15, -0.1) is 0 Å². The number of carbonyl (C=O) groups excluding carboxylic acids is 1. The van der Waals surface area contributed by atoms with Gasteiger partial charge in [-0.3, -0.25) is 14.2 Å². The molecule has 3 heterocycles. The van der Waals surface area contributed by atoms with Gasteiger partial charge in [0.15, 0.2) is 14.8 Å². The van der Waals surface area contributed by atoms with Gasteiger partial charge >= 0.3 is 0 Å². The molecule has 1 aliphatic heterocycles. The molecule has 1 atom stereocenters. The number of thiazole rings is 1. The summed E-state index contributed by atoms with van der Waals surface area (Å²) >= 11 is 7.87. The Kier molecular flexibility index (Phi) is 7.70. The number of halogens is 1. The highest BCUT2D eigenvalue weighted by Crippen LogP contribution is 2.28. The molecule has 4 aromatic rings. The van der Waals surface area contributed by atoms with Crippen LogP contribution in [0, 0.1) is 9.77 Å². The molecule has 0 bridgehead atoms. The number of anilines is 1. The molecule has 192 valence electrons. The van der Waals surface area contributed by atoms with Gasteiger partial charge in [0.25, 0.3) is 5.56 Å². The predicted molar refractivity (Wildman–Crippen MR) is 145 cm³/mol. The lowest BCUT2D eigenvalue weighted by Gasteiger charge is -2.14. The number of amides is 1. The lowest BCUT2D eigenvalue weighted by Crippen LogP contribution is -2.23. The van der Waals surface area contributed by atoms with Crippen LogP contribution < -0.4 is 15.6 Å². The average molecular weight is 559 g/mol. The Balaban J connectivity index is 1.52. The number of thioether (sulfide) groups is 1. The van der Waals surface area contributed by atoms with E-state index >= 15 is 0 Å². The number of fused-ring (bicyclic) bond motifs is 1. The number of carbonyl (C=O) groups is 1. The smallest absolute Gasteiger partial charge is 0.278 e. The Hall–Kier alpha value is -3.06. The second kappa shape index (κ2) is 11.1. The highest BCUT2D eigenvalue weighted by atomic mass is 32.2. The second-order valence-electron chi connectivity index (χ2n) is 8.31. The van der Waals surface area contributed by atoms with Gasteiger partial charge in [-0.2, -0.15) is 0 Å². The van der Waals surface area contributed by atoms with Crippen molar-refractivity contribution in [3.63, 3.8) is 0 Å². The number of hydrogen-bond acceptors (Lipinski definition) is 8. The summed E-state index contributed by atoms with van der Waals surface area (Å²) in [5, 5.41) is 3.13. The van der Waals surface area contributed by atoms with E-state index in [2.05, 4.69) is 5.32 Å². The van der Waals surface area contributed by atoms with Gasteiger partial charge in [0.1, 0.15) is 16.3 Å². The maximum atomic E-state index is 13.7. The van der Waals surface area contributed by atoms with E-state index in [0.717, 1.165) is 24.6 Å². The zero-order valence-electron chi connectivity index (χ0n) is 19.8. The van der Waals surface area contributed by atoms with Crippen molar-refractivity contribution < 1.29 is 18.7 Å². The Morgan fingerprint density at radius 3 is 2.81 bits per heavy atom. The Labute approximate surface area is 225 Å². The minimum Gasteiger partial charge on any atom is -0.495 e. The summed E-state index contributed by atoms with van der Waals surface area (Å²) in [5.74, 6) is -0.200. The number of methoxy groups -OCH3 is 1. The van der Waals surface area contributed by atoms with Crippen LogP contribution in [0.15, 0.2) is 58.5 Å². The fourth-order valence-corrected chi connectivity index (χ4v) is 6.19. The Morgan fingerprint density at radius 1 is 1.30 bits per heavy atom. The average Bonchev–Trinajstić information content (AvgIpc) is 3.52. The molecule has 12 heteroatoms. The first-order chi connectivity index (χ1) is 17.9. The minimum atomic E-state index is -0.422. The van der Waals surface area contributed by atoms with E-state index in [1.54, 1.807) is 18.2 Å². The topological polar surface area (TPSA) is 87.4 Å². The number of aromatic nitrogens is 3. The van der Waals surface area contributed by atoms with Crippen molar-refractivity contribution in [2.45, 2.75) is 30.6 Å². The van der Waals surface area contributed by atoms with Crippen molar-refractivity contribution in [2.75, 3.05) is 24.8 Å². The molecule has 1 fully saturated rings. The highest BCUT2D eigenvalue weighted by molar-refractivity contribution is 7.99. The van der Waals surface area contributed by atoms with Gasteiger partial charge in [-0.1, -0.05) is 35.2 Å². The number of rotatable bonds is 8. The quantitative estimate of drug-likeness (QED) is 0.184. The van der Waals surface area contributed by atoms with E-state index in [0.29, 0.717) is 49.7 Å². The largest absolute Gasteiger partial charge is 0.495 e. The number of nitrogens with zero attached hydrogens (tertiary/aromatic N) is 3. The van der Waals surface area contributed by atoms with Gasteiger partial charge in [-0.25, -0.2) is 9.37 Å². The first-order valence-corrected chi connectivity index (χ1v) is 13.7. The first kappa shape index (κ1) is 25.6. The fourth-order valence-electron chi connectivity index (χ4n) is 4.11. The SMILES string of the molecule is COc1ccccc1NC(=O)CSc1nc2c(sc(=S)n2C[C@H]2CCCO2)c(=O)n1-c1ccc(F)cc1. The van der Waals surface area contributed by atoms with Crippen LogP contribution in [0.3, 0.4) is 0 Å². The maximum absolute atomic E-state index is 13.7. The van der Waals surface area contributed by atoms with Crippen molar-refractivity contribution in [3.05, 3.63) is 68.7 Å². The molecular formula is C25H23FN4O4S3. The van der Waals surface area contributed by atoms with Crippen LogP contribution in [0.5, 0.6) is 5.75 Å². The normalized spacial score (nSPS) is 15.2. The van der Waals surface area contributed by atoms with Crippen LogP contribution in [0.2, 0.25) is 0 Å². The number of para-hydroxylation sites is 2. The lowest BCUT2D eigenvalue weighted by molar-refractivity contribution is -0.113. The third-order valence-corrected chi connectivity index (χ3v) is 8.23. The van der Waals surface area contributed by atoms with Crippen molar-refractivity contribution >= 4 is 57.3 Å². The van der Waals surface area contributed by atoms with Crippen LogP contribution in [-0.2, 0) is 16.1 Å². The Morgan fingerprint density at radius 2 is 2.08 bits per heavy atom. The summed E-state index contributed by atoms with van der Waals surface area (Å²) in [6, 6.07) is 12.7. The summed E-state index contributed by atoms with van der Waals surface area (Å²) < 4.78 is 28.9. The molecule has 2 aromatic heterocycles. The van der Waals surface area contributed by atoms with E-state index in [-0.39, 0.29) is 23.3 Å². The van der Waals surface area contributed by atoms with Crippen LogP contribution >= 0.6 is 35.3 Å². The van der Waals surface area contributed by atoms with Gasteiger partial charge in [0.05, 0.1) is 36.9 Å². The maximum Gasteiger partial charge on any atom is 0.278 e. The van der Waals surface area contributed by atoms with E-state index in [9.17, 15) is 14.0 Å². The summed E-state index contributed by atoms with van der Waals surface area (Å²) in [5.41, 5.74) is 1.12. The lowest BCUT2D eigenvalue weighted by atomic mass is 10.2. The zero-order chi connectivity index (χ0) is 25.9. The van der Waals surface area contributed by atoms with Gasteiger partial charge in [0.2, 0.25) is 5.91 Å². The third kappa shape index (κ3) is 5.47. The molecule has 0 spiro atoms. The van der Waals surface area contributed by atoms with Crippen molar-refractivity contribution in [1.82, 2.24) is 14.1 Å². The van der Waals surface area contributed by atoms with Gasteiger partial charge in [-0.05, 0) is 61.5 Å². The third-order valence-electron chi connectivity index (χ3n) is 5.87. The second-order valence-corrected chi connectivity index (χ2v) is 10.9. The minimum absolute atomic E-state index is 0.00793.